The molecule has 4 aliphatic heterocycles. The molecule has 0 saturated carbocycles. The van der Waals surface area contributed by atoms with E-state index in [0.29, 0.717) is 30.2 Å². The summed E-state index contributed by atoms with van der Waals surface area (Å²) in [6.07, 6.45) is 4.97. The third-order valence-electron chi connectivity index (χ3n) is 5.77. The highest BCUT2D eigenvalue weighted by molar-refractivity contribution is 5.78. The predicted molar refractivity (Wildman–Crippen MR) is 88.6 cm³/mol. The third-order valence-corrected chi connectivity index (χ3v) is 5.77. The quantitative estimate of drug-likeness (QED) is 0.841. The number of carbonyl (C=O) groups excluding carboxylic acids is 1. The fourth-order valence-electron chi connectivity index (χ4n) is 4.52. The number of amides is 1. The van der Waals surface area contributed by atoms with E-state index in [1.807, 2.05) is 13.0 Å². The molecule has 0 radical (unpaired) electrons. The lowest BCUT2D eigenvalue weighted by atomic mass is 9.94. The number of hydrogen-bond donors (Lipinski definition) is 0. The van der Waals surface area contributed by atoms with E-state index in [1.54, 1.807) is 0 Å². The van der Waals surface area contributed by atoms with Crippen LogP contribution in [0.2, 0.25) is 0 Å². The van der Waals surface area contributed by atoms with Gasteiger partial charge in [0.05, 0.1) is 12.1 Å². The van der Waals surface area contributed by atoms with Crippen molar-refractivity contribution in [2.45, 2.75) is 51.1 Å². The van der Waals surface area contributed by atoms with Gasteiger partial charge < -0.3 is 14.2 Å². The van der Waals surface area contributed by atoms with E-state index in [9.17, 15) is 4.79 Å². The maximum Gasteiger partial charge on any atom is 0.230 e. The zero-order valence-electron chi connectivity index (χ0n) is 14.4. The Morgan fingerprint density at radius 1 is 1.17 bits per heavy atom. The monoisotopic (exact) mass is 333 g/mol. The summed E-state index contributed by atoms with van der Waals surface area (Å²) in [7, 11) is 0. The Morgan fingerprint density at radius 2 is 2.00 bits per heavy atom. The predicted octanol–water partition coefficient (Wildman–Crippen LogP) is 1.63. The van der Waals surface area contributed by atoms with Crippen LogP contribution in [-0.4, -0.2) is 65.8 Å². The molecule has 6 nitrogen and oxygen atoms in total. The van der Waals surface area contributed by atoms with Crippen LogP contribution in [0.1, 0.15) is 37.1 Å². The third kappa shape index (κ3) is 3.35. The molecule has 0 unspecified atom stereocenters. The molecule has 4 saturated heterocycles. The molecule has 0 spiro atoms. The molecule has 5 rings (SSSR count). The Morgan fingerprint density at radius 3 is 2.75 bits per heavy atom. The molecule has 5 heterocycles. The van der Waals surface area contributed by atoms with Crippen molar-refractivity contribution < 1.29 is 14.1 Å². The second-order valence-corrected chi connectivity index (χ2v) is 7.55. The standard InChI is InChI=1S/C18H27N3O3/c1-13-8-17(24-19-13)9-18(22)21-11-14-2-3-16(21)12-20(10-14)15-4-6-23-7-5-15/h8,14-16H,2-7,9-12H2,1H3/t14-,16+/m0/s1. The number of ether oxygens (including phenoxy) is 1. The molecule has 1 aromatic heterocycles. The molecule has 4 fully saturated rings. The van der Waals surface area contributed by atoms with Crippen LogP contribution in [0.25, 0.3) is 0 Å². The Kier molecular flexibility index (Phi) is 4.59. The second kappa shape index (κ2) is 6.84. The smallest absolute Gasteiger partial charge is 0.230 e. The van der Waals surface area contributed by atoms with Crippen molar-refractivity contribution in [2.24, 2.45) is 5.92 Å². The first-order valence-electron chi connectivity index (χ1n) is 9.22. The topological polar surface area (TPSA) is 58.8 Å². The molecule has 0 aromatic carbocycles. The van der Waals surface area contributed by atoms with E-state index >= 15 is 0 Å². The number of carbonyl (C=O) groups is 1. The van der Waals surface area contributed by atoms with Crippen LogP contribution in [0.4, 0.5) is 0 Å². The lowest BCUT2D eigenvalue weighted by Gasteiger charge is -2.37. The van der Waals surface area contributed by atoms with Crippen LogP contribution in [0.3, 0.4) is 0 Å². The van der Waals surface area contributed by atoms with Crippen molar-refractivity contribution in [2.75, 3.05) is 32.8 Å². The lowest BCUT2D eigenvalue weighted by molar-refractivity contribution is -0.134. The first-order valence-corrected chi connectivity index (χ1v) is 9.22. The van der Waals surface area contributed by atoms with Gasteiger partial charge in [0.1, 0.15) is 5.76 Å². The fraction of sp³-hybridized carbons (Fsp3) is 0.778. The number of fused-ring (bicyclic) bond motifs is 4. The largest absolute Gasteiger partial charge is 0.381 e. The van der Waals surface area contributed by atoms with Gasteiger partial charge in [0.15, 0.2) is 0 Å². The van der Waals surface area contributed by atoms with Crippen LogP contribution >= 0.6 is 0 Å². The van der Waals surface area contributed by atoms with E-state index in [4.69, 9.17) is 9.26 Å². The molecule has 132 valence electrons. The summed E-state index contributed by atoms with van der Waals surface area (Å²) < 4.78 is 10.7. The van der Waals surface area contributed by atoms with Crippen molar-refractivity contribution in [3.8, 4) is 0 Å². The van der Waals surface area contributed by atoms with Crippen molar-refractivity contribution in [1.29, 1.82) is 0 Å². The summed E-state index contributed by atoms with van der Waals surface area (Å²) in [6, 6.07) is 2.85. The van der Waals surface area contributed by atoms with Crippen molar-refractivity contribution in [3.05, 3.63) is 17.5 Å². The van der Waals surface area contributed by atoms with Gasteiger partial charge in [0.25, 0.3) is 0 Å². The summed E-state index contributed by atoms with van der Waals surface area (Å²) in [5.74, 6) is 1.47. The number of rotatable bonds is 3. The molecular formula is C18H27N3O3. The summed E-state index contributed by atoms with van der Waals surface area (Å²) in [4.78, 5) is 17.6. The molecule has 4 aliphatic rings. The average molecular weight is 333 g/mol. The average Bonchev–Trinajstić information content (AvgIpc) is 2.82. The van der Waals surface area contributed by atoms with Gasteiger partial charge in [-0.25, -0.2) is 0 Å². The Balaban J connectivity index is 1.43. The molecule has 2 atom stereocenters. The maximum absolute atomic E-state index is 12.8. The number of hydrogen-bond acceptors (Lipinski definition) is 5. The minimum atomic E-state index is 0.190. The summed E-state index contributed by atoms with van der Waals surface area (Å²) in [5.41, 5.74) is 0.834. The van der Waals surface area contributed by atoms with E-state index in [0.717, 1.165) is 57.8 Å². The van der Waals surface area contributed by atoms with Gasteiger partial charge in [-0.1, -0.05) is 5.16 Å². The maximum atomic E-state index is 12.8. The Hall–Kier alpha value is -1.40. The van der Waals surface area contributed by atoms with Gasteiger partial charge in [0.2, 0.25) is 5.91 Å². The van der Waals surface area contributed by atoms with Gasteiger partial charge >= 0.3 is 0 Å². The van der Waals surface area contributed by atoms with Crippen molar-refractivity contribution in [1.82, 2.24) is 15.0 Å². The number of nitrogens with zero attached hydrogens (tertiary/aromatic N) is 3. The molecular weight excluding hydrogens is 306 g/mol. The number of aromatic nitrogens is 1. The highest BCUT2D eigenvalue weighted by atomic mass is 16.5. The zero-order valence-corrected chi connectivity index (χ0v) is 14.4. The summed E-state index contributed by atoms with van der Waals surface area (Å²) in [5, 5.41) is 3.89. The van der Waals surface area contributed by atoms with E-state index in [1.165, 1.54) is 6.42 Å². The number of piperidine rings is 1. The summed E-state index contributed by atoms with van der Waals surface area (Å²) >= 11 is 0. The van der Waals surface area contributed by atoms with E-state index < -0.39 is 0 Å². The van der Waals surface area contributed by atoms with Crippen LogP contribution in [0, 0.1) is 12.8 Å². The summed E-state index contributed by atoms with van der Waals surface area (Å²) in [6.45, 7) is 6.69. The molecule has 24 heavy (non-hydrogen) atoms. The first kappa shape index (κ1) is 16.1. The van der Waals surface area contributed by atoms with Crippen molar-refractivity contribution in [3.63, 3.8) is 0 Å². The van der Waals surface area contributed by atoms with E-state index in [2.05, 4.69) is 15.0 Å². The Bertz CT molecular complexity index is 582. The minimum absolute atomic E-state index is 0.190. The normalized spacial score (nSPS) is 29.0. The van der Waals surface area contributed by atoms with E-state index in [-0.39, 0.29) is 5.91 Å². The highest BCUT2D eigenvalue weighted by Crippen LogP contribution is 2.31. The van der Waals surface area contributed by atoms with Crippen LogP contribution in [0.15, 0.2) is 10.6 Å². The molecule has 6 heteroatoms. The van der Waals surface area contributed by atoms with Gasteiger partial charge in [-0.05, 0) is 38.5 Å². The fourth-order valence-corrected chi connectivity index (χ4v) is 4.52. The van der Waals surface area contributed by atoms with Crippen LogP contribution in [0.5, 0.6) is 0 Å². The lowest BCUT2D eigenvalue weighted by Crippen LogP contribution is -2.49. The van der Waals surface area contributed by atoms with Crippen molar-refractivity contribution >= 4 is 5.91 Å². The minimum Gasteiger partial charge on any atom is -0.381 e. The van der Waals surface area contributed by atoms with Gasteiger partial charge in [-0.2, -0.15) is 0 Å². The SMILES string of the molecule is Cc1cc(CC(=O)N2C[C@H]3CC[C@@H]2CN(C2CCOCC2)C3)on1. The second-order valence-electron chi connectivity index (χ2n) is 7.55. The Labute approximate surface area is 143 Å². The van der Waals surface area contributed by atoms with Crippen LogP contribution in [-0.2, 0) is 16.0 Å². The molecule has 1 amide bonds. The molecule has 0 N–H and O–H groups in total. The highest BCUT2D eigenvalue weighted by Gasteiger charge is 2.39. The zero-order chi connectivity index (χ0) is 16.5. The number of aryl methyl sites for hydroxylation is 1. The molecule has 2 bridgehead atoms. The van der Waals surface area contributed by atoms with Crippen LogP contribution < -0.4 is 0 Å². The van der Waals surface area contributed by atoms with Gasteiger partial charge in [0, 0.05) is 51.0 Å². The first-order chi connectivity index (χ1) is 11.7. The van der Waals surface area contributed by atoms with Gasteiger partial charge in [-0.15, -0.1) is 0 Å². The molecule has 0 aliphatic carbocycles. The molecule has 1 aromatic rings. The van der Waals surface area contributed by atoms with Gasteiger partial charge in [-0.3, -0.25) is 9.69 Å².